The molecule has 0 bridgehead atoms. The molecule has 0 amide bonds. The van der Waals surface area contributed by atoms with Crippen LogP contribution in [0.15, 0.2) is 449 Å². The zero-order valence-electron chi connectivity index (χ0n) is 63.4. The average molecular weight is 1510 g/mol. The van der Waals surface area contributed by atoms with Gasteiger partial charge in [0, 0.05) is 74.5 Å². The van der Waals surface area contributed by atoms with Gasteiger partial charge < -0.3 is 9.80 Å². The summed E-state index contributed by atoms with van der Waals surface area (Å²) < 4.78 is 5.31. The van der Waals surface area contributed by atoms with Crippen molar-refractivity contribution in [2.24, 2.45) is 0 Å². The summed E-state index contributed by atoms with van der Waals surface area (Å²) >= 11 is 3.72. The van der Waals surface area contributed by atoms with Crippen LogP contribution in [0.25, 0.3) is 172 Å². The molecular weight excluding hydrogens is 1440 g/mol. The van der Waals surface area contributed by atoms with Crippen LogP contribution in [0, 0.1) is 0 Å². The molecule has 544 valence electrons. The molecule has 2 aromatic heterocycles. The zero-order chi connectivity index (χ0) is 76.8. The van der Waals surface area contributed by atoms with E-state index in [1.807, 2.05) is 22.7 Å². The molecule has 0 saturated carbocycles. The standard InChI is InChI=1S/2C56H37NS/c1-2-9-38(10-3-1)39-23-29-48(30-24-39)57(49-31-25-42(26-32-49)46-28-34-56-54(37-46)53-15-6-7-16-55(53)58-56)50-13-8-12-44(36-50)40-17-19-41(20-18-40)45-27-33-52-47(35-45)22-21-43-11-4-5-14-51(43)52;1-2-8-38(9-3-1)40-20-28-48(29-21-40)57(50-32-24-43(25-33-50)46-27-35-56-54(37-46)53-12-6-7-13-55(53)58-56)49-30-22-41(23-31-49)39-14-16-42(17-15-39)45-26-34-52-47(36-45)19-18-44-10-4-5-11-51(44)52/h2*1-37H. The van der Waals surface area contributed by atoms with Crippen LogP contribution in [-0.2, 0) is 0 Å². The Balaban J connectivity index is 0.000000145. The lowest BCUT2D eigenvalue weighted by Gasteiger charge is -2.26. The van der Waals surface area contributed by atoms with Gasteiger partial charge in [-0.1, -0.05) is 328 Å². The highest BCUT2D eigenvalue weighted by atomic mass is 32.1. The van der Waals surface area contributed by atoms with Gasteiger partial charge in [-0.3, -0.25) is 0 Å². The first kappa shape index (κ1) is 69.4. The second-order valence-corrected chi connectivity index (χ2v) is 32.1. The van der Waals surface area contributed by atoms with Gasteiger partial charge in [0.1, 0.15) is 0 Å². The molecule has 0 atom stereocenters. The summed E-state index contributed by atoms with van der Waals surface area (Å²) in [5, 5.41) is 15.5. The molecular formula is C112H74N2S2. The van der Waals surface area contributed by atoms with Crippen LogP contribution in [-0.4, -0.2) is 0 Å². The maximum atomic E-state index is 2.37. The Kier molecular flexibility index (Phi) is 18.1. The first-order valence-corrected chi connectivity index (χ1v) is 41.3. The van der Waals surface area contributed by atoms with Crippen LogP contribution in [0.5, 0.6) is 0 Å². The highest BCUT2D eigenvalue weighted by molar-refractivity contribution is 7.26. The topological polar surface area (TPSA) is 6.48 Å². The van der Waals surface area contributed by atoms with Crippen LogP contribution >= 0.6 is 22.7 Å². The fourth-order valence-electron chi connectivity index (χ4n) is 16.9. The molecule has 22 aromatic rings. The third kappa shape index (κ3) is 13.5. The fraction of sp³-hybridized carbons (Fsp3) is 0. The van der Waals surface area contributed by atoms with Gasteiger partial charge in [0.15, 0.2) is 0 Å². The molecule has 0 spiro atoms. The maximum Gasteiger partial charge on any atom is 0.0467 e. The van der Waals surface area contributed by atoms with E-state index >= 15 is 0 Å². The Morgan fingerprint density at radius 3 is 0.741 bits per heavy atom. The van der Waals surface area contributed by atoms with E-state index in [0.717, 1.165) is 34.1 Å². The van der Waals surface area contributed by atoms with E-state index in [1.54, 1.807) is 0 Å². The van der Waals surface area contributed by atoms with E-state index < -0.39 is 0 Å². The van der Waals surface area contributed by atoms with Crippen molar-refractivity contribution in [3.8, 4) is 89.0 Å². The second kappa shape index (κ2) is 30.2. The summed E-state index contributed by atoms with van der Waals surface area (Å²) in [4.78, 5) is 4.72. The number of hydrogen-bond donors (Lipinski definition) is 0. The Labute approximate surface area is 682 Å². The first-order valence-electron chi connectivity index (χ1n) is 39.6. The Morgan fingerprint density at radius 2 is 0.362 bits per heavy atom. The van der Waals surface area contributed by atoms with E-state index in [-0.39, 0.29) is 0 Å². The molecule has 0 unspecified atom stereocenters. The summed E-state index contributed by atoms with van der Waals surface area (Å²) in [6.45, 7) is 0. The Bertz CT molecular complexity index is 7380. The third-order valence-corrected chi connectivity index (χ3v) is 25.3. The van der Waals surface area contributed by atoms with Gasteiger partial charge in [-0.25, -0.2) is 0 Å². The zero-order valence-corrected chi connectivity index (χ0v) is 65.1. The summed E-state index contributed by atoms with van der Waals surface area (Å²) in [6, 6.07) is 164. The van der Waals surface area contributed by atoms with Crippen molar-refractivity contribution in [2.75, 3.05) is 9.80 Å². The van der Waals surface area contributed by atoms with Crippen molar-refractivity contribution in [3.63, 3.8) is 0 Å². The average Bonchev–Trinajstić information content (AvgIpc) is 1.35. The number of fused-ring (bicyclic) bond motifs is 12. The summed E-state index contributed by atoms with van der Waals surface area (Å²) in [5.41, 5.74) is 25.9. The van der Waals surface area contributed by atoms with Gasteiger partial charge in [-0.05, 0) is 253 Å². The van der Waals surface area contributed by atoms with Crippen LogP contribution in [0.4, 0.5) is 34.1 Å². The van der Waals surface area contributed by atoms with Crippen LogP contribution in [0.2, 0.25) is 0 Å². The minimum absolute atomic E-state index is 1.11. The molecule has 0 aliphatic rings. The number of thiophene rings is 2. The van der Waals surface area contributed by atoms with Gasteiger partial charge in [-0.15, -0.1) is 22.7 Å². The van der Waals surface area contributed by atoms with E-state index in [0.29, 0.717) is 0 Å². The monoisotopic (exact) mass is 1510 g/mol. The van der Waals surface area contributed by atoms with Crippen molar-refractivity contribution in [2.45, 2.75) is 0 Å². The van der Waals surface area contributed by atoms with Gasteiger partial charge >= 0.3 is 0 Å². The van der Waals surface area contributed by atoms with Gasteiger partial charge in [0.25, 0.3) is 0 Å². The first-order chi connectivity index (χ1) is 57.4. The molecule has 0 N–H and O–H groups in total. The Morgan fingerprint density at radius 1 is 0.121 bits per heavy atom. The lowest BCUT2D eigenvalue weighted by molar-refractivity contribution is 1.28. The second-order valence-electron chi connectivity index (χ2n) is 29.9. The van der Waals surface area contributed by atoms with Gasteiger partial charge in [-0.2, -0.15) is 0 Å². The summed E-state index contributed by atoms with van der Waals surface area (Å²) in [7, 11) is 0. The molecule has 4 heteroatoms. The predicted octanol–water partition coefficient (Wildman–Crippen LogP) is 33.0. The van der Waals surface area contributed by atoms with E-state index in [4.69, 9.17) is 0 Å². The molecule has 0 radical (unpaired) electrons. The van der Waals surface area contributed by atoms with Crippen molar-refractivity contribution in [1.29, 1.82) is 0 Å². The molecule has 20 aromatic carbocycles. The largest absolute Gasteiger partial charge is 0.311 e. The van der Waals surface area contributed by atoms with E-state index in [1.165, 1.54) is 172 Å². The van der Waals surface area contributed by atoms with Crippen molar-refractivity contribution >= 4 is 140 Å². The van der Waals surface area contributed by atoms with Gasteiger partial charge in [0.2, 0.25) is 0 Å². The molecule has 22 rings (SSSR count). The molecule has 2 nitrogen and oxygen atoms in total. The summed E-state index contributed by atoms with van der Waals surface area (Å²) in [5.74, 6) is 0. The number of hydrogen-bond acceptors (Lipinski definition) is 4. The molecule has 116 heavy (non-hydrogen) atoms. The fourth-order valence-corrected chi connectivity index (χ4v) is 19.1. The van der Waals surface area contributed by atoms with Crippen LogP contribution < -0.4 is 9.80 Å². The van der Waals surface area contributed by atoms with E-state index in [9.17, 15) is 0 Å². The molecule has 2 heterocycles. The molecule has 0 fully saturated rings. The molecule has 0 aliphatic carbocycles. The normalized spacial score (nSPS) is 11.4. The lowest BCUT2D eigenvalue weighted by Crippen LogP contribution is -2.10. The number of benzene rings is 20. The van der Waals surface area contributed by atoms with Crippen molar-refractivity contribution in [3.05, 3.63) is 449 Å². The smallest absolute Gasteiger partial charge is 0.0467 e. The quantitative estimate of drug-likeness (QED) is 0.100. The summed E-state index contributed by atoms with van der Waals surface area (Å²) in [6.07, 6.45) is 0. The highest BCUT2D eigenvalue weighted by Gasteiger charge is 2.19. The van der Waals surface area contributed by atoms with Gasteiger partial charge in [0.05, 0.1) is 0 Å². The SMILES string of the molecule is c1ccc(-c2ccc(N(c3ccc(-c4ccc(-c5ccc6c(ccc7ccccc76)c5)cc4)cc3)c3ccc(-c4ccc5sc6ccccc6c5c4)cc3)cc2)cc1.c1ccc(-c2ccc(N(c3ccc(-c4ccc5sc6ccccc6c5c4)cc3)c3cccc(-c4ccc(-c5ccc6c(ccc7ccccc76)c5)cc4)c3)cc2)cc1. The molecule has 0 saturated heterocycles. The van der Waals surface area contributed by atoms with Crippen LogP contribution in [0.1, 0.15) is 0 Å². The predicted molar refractivity (Wildman–Crippen MR) is 502 cm³/mol. The third-order valence-electron chi connectivity index (χ3n) is 23.0. The number of nitrogens with zero attached hydrogens (tertiary/aromatic N) is 2. The molecule has 0 aliphatic heterocycles. The van der Waals surface area contributed by atoms with Crippen molar-refractivity contribution in [1.82, 2.24) is 0 Å². The van der Waals surface area contributed by atoms with Crippen LogP contribution in [0.3, 0.4) is 0 Å². The number of anilines is 6. The van der Waals surface area contributed by atoms with E-state index in [2.05, 4.69) is 459 Å². The number of rotatable bonds is 14. The lowest BCUT2D eigenvalue weighted by atomic mass is 9.96. The highest BCUT2D eigenvalue weighted by Crippen LogP contribution is 2.45. The maximum absolute atomic E-state index is 2.37. The Hall–Kier alpha value is -14.5. The van der Waals surface area contributed by atoms with Crippen molar-refractivity contribution < 1.29 is 0 Å². The minimum Gasteiger partial charge on any atom is -0.311 e. The minimum atomic E-state index is 1.11.